The molecule has 1 aromatic heterocycles. The van der Waals surface area contributed by atoms with Crippen molar-refractivity contribution < 1.29 is 9.47 Å². The molecule has 1 unspecified atom stereocenters. The molecule has 1 saturated heterocycles. The Kier molecular flexibility index (Phi) is 5.11. The van der Waals surface area contributed by atoms with Crippen LogP contribution in [0.15, 0.2) is 54.2 Å². The van der Waals surface area contributed by atoms with Gasteiger partial charge in [0.15, 0.2) is 0 Å². The van der Waals surface area contributed by atoms with Gasteiger partial charge in [-0.15, -0.1) is 10.2 Å². The second kappa shape index (κ2) is 7.91. The van der Waals surface area contributed by atoms with Gasteiger partial charge in [0.1, 0.15) is 17.9 Å². The van der Waals surface area contributed by atoms with E-state index in [4.69, 9.17) is 9.47 Å². The SMILES string of the molecule is CCOC(=CC1CC1)C1=CNC(c2cccc(C3(Cc4nncn4C)COC3)c2)C1. The summed E-state index contributed by atoms with van der Waals surface area (Å²) >= 11 is 0. The van der Waals surface area contributed by atoms with Crippen LogP contribution in [0.3, 0.4) is 0 Å². The number of aryl methyl sites for hydroxylation is 1. The first kappa shape index (κ1) is 19.4. The van der Waals surface area contributed by atoms with Crippen molar-refractivity contribution in [1.82, 2.24) is 20.1 Å². The zero-order valence-corrected chi connectivity index (χ0v) is 17.8. The molecule has 0 radical (unpaired) electrons. The molecule has 6 heteroatoms. The highest BCUT2D eigenvalue weighted by Gasteiger charge is 2.42. The number of ether oxygens (including phenoxy) is 2. The average Bonchev–Trinajstić information content (AvgIpc) is 3.24. The van der Waals surface area contributed by atoms with Crippen molar-refractivity contribution in [2.75, 3.05) is 19.8 Å². The lowest BCUT2D eigenvalue weighted by Gasteiger charge is -2.42. The Hall–Kier alpha value is -2.60. The topological polar surface area (TPSA) is 61.2 Å². The van der Waals surface area contributed by atoms with E-state index in [1.165, 1.54) is 29.5 Å². The van der Waals surface area contributed by atoms with E-state index in [1.807, 2.05) is 11.6 Å². The monoisotopic (exact) mass is 406 g/mol. The summed E-state index contributed by atoms with van der Waals surface area (Å²) < 4.78 is 13.6. The third-order valence-electron chi connectivity index (χ3n) is 6.47. The lowest BCUT2D eigenvalue weighted by atomic mass is 9.75. The van der Waals surface area contributed by atoms with Gasteiger partial charge >= 0.3 is 0 Å². The summed E-state index contributed by atoms with van der Waals surface area (Å²) in [6, 6.07) is 9.24. The van der Waals surface area contributed by atoms with Crippen molar-refractivity contribution >= 4 is 0 Å². The number of benzene rings is 1. The van der Waals surface area contributed by atoms with Gasteiger partial charge in [0.25, 0.3) is 0 Å². The summed E-state index contributed by atoms with van der Waals surface area (Å²) in [4.78, 5) is 0. The van der Waals surface area contributed by atoms with Crippen LogP contribution < -0.4 is 5.32 Å². The van der Waals surface area contributed by atoms with E-state index in [0.717, 1.165) is 37.6 Å². The van der Waals surface area contributed by atoms with Crippen LogP contribution in [-0.2, 0) is 28.4 Å². The van der Waals surface area contributed by atoms with Gasteiger partial charge in [-0.05, 0) is 42.9 Å². The maximum absolute atomic E-state index is 5.96. The summed E-state index contributed by atoms with van der Waals surface area (Å²) in [6.07, 6.45) is 10.6. The minimum atomic E-state index is -0.0198. The first-order valence-corrected chi connectivity index (χ1v) is 11.0. The fourth-order valence-electron chi connectivity index (χ4n) is 4.38. The predicted molar refractivity (Wildman–Crippen MR) is 115 cm³/mol. The molecule has 158 valence electrons. The minimum Gasteiger partial charge on any atom is -0.494 e. The zero-order chi connectivity index (χ0) is 20.6. The summed E-state index contributed by atoms with van der Waals surface area (Å²) in [7, 11) is 2.00. The second-order valence-corrected chi connectivity index (χ2v) is 8.83. The first-order valence-electron chi connectivity index (χ1n) is 11.0. The van der Waals surface area contributed by atoms with Crippen LogP contribution in [0.25, 0.3) is 0 Å². The van der Waals surface area contributed by atoms with Crippen molar-refractivity contribution in [2.45, 2.75) is 44.1 Å². The minimum absolute atomic E-state index is 0.0198. The van der Waals surface area contributed by atoms with Crippen molar-refractivity contribution in [3.8, 4) is 0 Å². The lowest BCUT2D eigenvalue weighted by Crippen LogP contribution is -2.49. The fraction of sp³-hybridized carbons (Fsp3) is 0.500. The highest BCUT2D eigenvalue weighted by Crippen LogP contribution is 2.39. The lowest BCUT2D eigenvalue weighted by molar-refractivity contribution is -0.0611. The van der Waals surface area contributed by atoms with Crippen LogP contribution in [0.5, 0.6) is 0 Å². The van der Waals surface area contributed by atoms with Gasteiger partial charge in [-0.2, -0.15) is 0 Å². The van der Waals surface area contributed by atoms with Gasteiger partial charge in [-0.1, -0.05) is 24.3 Å². The Labute approximate surface area is 178 Å². The molecular weight excluding hydrogens is 376 g/mol. The van der Waals surface area contributed by atoms with E-state index in [-0.39, 0.29) is 11.5 Å². The van der Waals surface area contributed by atoms with Crippen LogP contribution in [0.2, 0.25) is 0 Å². The van der Waals surface area contributed by atoms with Crippen molar-refractivity contribution in [2.24, 2.45) is 13.0 Å². The molecule has 5 rings (SSSR count). The number of allylic oxidation sites excluding steroid dienone is 2. The van der Waals surface area contributed by atoms with E-state index < -0.39 is 0 Å². The summed E-state index contributed by atoms with van der Waals surface area (Å²) in [6.45, 7) is 4.22. The molecule has 6 nitrogen and oxygen atoms in total. The second-order valence-electron chi connectivity index (χ2n) is 8.83. The molecule has 0 spiro atoms. The van der Waals surface area contributed by atoms with Crippen molar-refractivity contribution in [1.29, 1.82) is 0 Å². The van der Waals surface area contributed by atoms with Gasteiger partial charge < -0.3 is 19.4 Å². The summed E-state index contributed by atoms with van der Waals surface area (Å²) in [5.41, 5.74) is 3.89. The smallest absolute Gasteiger partial charge is 0.133 e. The molecule has 1 aliphatic carbocycles. The van der Waals surface area contributed by atoms with Gasteiger partial charge in [0.05, 0.1) is 25.9 Å². The van der Waals surface area contributed by atoms with Crippen LogP contribution in [0, 0.1) is 5.92 Å². The van der Waals surface area contributed by atoms with E-state index in [9.17, 15) is 0 Å². The van der Waals surface area contributed by atoms with Crippen LogP contribution in [0.4, 0.5) is 0 Å². The molecule has 0 amide bonds. The number of hydrogen-bond acceptors (Lipinski definition) is 5. The quantitative estimate of drug-likeness (QED) is 0.679. The molecule has 2 aliphatic heterocycles. The van der Waals surface area contributed by atoms with E-state index in [1.54, 1.807) is 6.33 Å². The normalized spacial score (nSPS) is 22.9. The van der Waals surface area contributed by atoms with Crippen LogP contribution >= 0.6 is 0 Å². The van der Waals surface area contributed by atoms with Gasteiger partial charge in [-0.25, -0.2) is 0 Å². The van der Waals surface area contributed by atoms with Gasteiger partial charge in [-0.3, -0.25) is 0 Å². The molecule has 3 aliphatic rings. The third-order valence-corrected chi connectivity index (χ3v) is 6.47. The number of nitrogens with one attached hydrogen (secondary N) is 1. The number of aromatic nitrogens is 3. The molecule has 3 heterocycles. The van der Waals surface area contributed by atoms with E-state index in [0.29, 0.717) is 12.5 Å². The van der Waals surface area contributed by atoms with Crippen LogP contribution in [0.1, 0.15) is 49.2 Å². The largest absolute Gasteiger partial charge is 0.494 e. The Balaban J connectivity index is 1.34. The van der Waals surface area contributed by atoms with Crippen molar-refractivity contribution in [3.05, 3.63) is 71.2 Å². The first-order chi connectivity index (χ1) is 14.7. The zero-order valence-electron chi connectivity index (χ0n) is 17.8. The van der Waals surface area contributed by atoms with Crippen molar-refractivity contribution in [3.63, 3.8) is 0 Å². The highest BCUT2D eigenvalue weighted by molar-refractivity contribution is 5.39. The van der Waals surface area contributed by atoms with Gasteiger partial charge in [0.2, 0.25) is 0 Å². The molecule has 2 aromatic rings. The number of rotatable bonds is 8. The van der Waals surface area contributed by atoms with Gasteiger partial charge in [0, 0.05) is 37.1 Å². The molecule has 2 fully saturated rings. The number of hydrogen-bond donors (Lipinski definition) is 1. The Bertz CT molecular complexity index is 969. The molecule has 1 saturated carbocycles. The molecule has 30 heavy (non-hydrogen) atoms. The van der Waals surface area contributed by atoms with Crippen LogP contribution in [-0.4, -0.2) is 34.6 Å². The molecule has 0 bridgehead atoms. The predicted octanol–water partition coefficient (Wildman–Crippen LogP) is 3.57. The maximum Gasteiger partial charge on any atom is 0.133 e. The molecule has 1 aromatic carbocycles. The highest BCUT2D eigenvalue weighted by atomic mass is 16.5. The maximum atomic E-state index is 5.96. The number of nitrogens with zero attached hydrogens (tertiary/aromatic N) is 3. The standard InChI is InChI=1S/C24H30N4O2/c1-3-30-22(9-17-7-8-17)19-11-21(25-13-19)18-5-4-6-20(10-18)24(14-29-15-24)12-23-27-26-16-28(23)2/h4-6,9-10,13,16-17,21,25H,3,7-8,11-12,14-15H2,1-2H3. The Morgan fingerprint density at radius 1 is 1.37 bits per heavy atom. The Morgan fingerprint density at radius 3 is 2.90 bits per heavy atom. The summed E-state index contributed by atoms with van der Waals surface area (Å²) in [5, 5.41) is 11.9. The average molecular weight is 407 g/mol. The Morgan fingerprint density at radius 2 is 2.23 bits per heavy atom. The van der Waals surface area contributed by atoms with E-state index >= 15 is 0 Å². The molecule has 1 atom stereocenters. The summed E-state index contributed by atoms with van der Waals surface area (Å²) in [5.74, 6) is 2.77. The fourth-order valence-corrected chi connectivity index (χ4v) is 4.38. The third kappa shape index (κ3) is 3.76. The molecule has 1 N–H and O–H groups in total. The van der Waals surface area contributed by atoms with E-state index in [2.05, 4.69) is 59.0 Å². The molecular formula is C24H30N4O2.